The fourth-order valence-electron chi connectivity index (χ4n) is 3.06. The first kappa shape index (κ1) is 22.1. The lowest BCUT2D eigenvalue weighted by Gasteiger charge is -2.08. The Kier molecular flexibility index (Phi) is 6.41. The first-order valence-electron chi connectivity index (χ1n) is 9.88. The number of rotatable bonds is 5. The van der Waals surface area contributed by atoms with Gasteiger partial charge in [0.1, 0.15) is 11.4 Å². The third-order valence-electron chi connectivity index (χ3n) is 4.78. The van der Waals surface area contributed by atoms with Gasteiger partial charge in [0.05, 0.1) is 26.8 Å². The number of benzene rings is 3. The molecule has 0 radical (unpaired) electrons. The van der Waals surface area contributed by atoms with Gasteiger partial charge >= 0.3 is 0 Å². The predicted molar refractivity (Wildman–Crippen MR) is 132 cm³/mol. The van der Waals surface area contributed by atoms with Crippen LogP contribution >= 0.6 is 15.9 Å². The number of aromatic nitrogens is 1. The SMILES string of the molecule is Cc1ccc(N=C(N/N=C/c2cc([N+](=O)[O-])cc(Br)c2O)c2ccc3ccccc3n2)cc1. The number of hydrazone groups is 1. The highest BCUT2D eigenvalue weighted by Crippen LogP contribution is 2.31. The number of aliphatic imine (C=N–C) groups is 1. The molecule has 164 valence electrons. The standard InChI is InChI=1S/C24H18BrN5O3/c1-15-6-9-18(10-7-15)27-24(22-11-8-16-4-2-3-5-21(16)28-22)29-26-14-17-12-19(30(32)33)13-20(25)23(17)31/h2-14,31H,1H3,(H,27,29)/b26-14+. The van der Waals surface area contributed by atoms with E-state index in [-0.39, 0.29) is 21.5 Å². The van der Waals surface area contributed by atoms with E-state index in [1.165, 1.54) is 18.3 Å². The van der Waals surface area contributed by atoms with E-state index < -0.39 is 4.92 Å². The smallest absolute Gasteiger partial charge is 0.271 e. The highest BCUT2D eigenvalue weighted by Gasteiger charge is 2.14. The van der Waals surface area contributed by atoms with E-state index in [9.17, 15) is 15.2 Å². The molecule has 1 heterocycles. The van der Waals surface area contributed by atoms with Crippen LogP contribution in [0.2, 0.25) is 0 Å². The molecule has 0 spiro atoms. The maximum atomic E-state index is 11.1. The van der Waals surface area contributed by atoms with Crippen LogP contribution in [-0.2, 0) is 0 Å². The van der Waals surface area contributed by atoms with Crippen LogP contribution in [0.5, 0.6) is 5.75 Å². The summed E-state index contributed by atoms with van der Waals surface area (Å²) in [6.07, 6.45) is 1.29. The summed E-state index contributed by atoms with van der Waals surface area (Å²) in [6, 6.07) is 21.6. The largest absolute Gasteiger partial charge is 0.506 e. The lowest BCUT2D eigenvalue weighted by Crippen LogP contribution is -2.20. The molecule has 4 aromatic rings. The van der Waals surface area contributed by atoms with Crippen LogP contribution in [-0.4, -0.2) is 27.1 Å². The monoisotopic (exact) mass is 503 g/mol. The van der Waals surface area contributed by atoms with E-state index >= 15 is 0 Å². The number of pyridine rings is 1. The molecular weight excluding hydrogens is 486 g/mol. The second-order valence-electron chi connectivity index (χ2n) is 7.18. The van der Waals surface area contributed by atoms with Gasteiger partial charge in [-0.3, -0.25) is 15.5 Å². The van der Waals surface area contributed by atoms with E-state index in [4.69, 9.17) is 0 Å². The number of nitrogens with zero attached hydrogens (tertiary/aromatic N) is 4. The molecule has 33 heavy (non-hydrogen) atoms. The number of amidine groups is 1. The number of fused-ring (bicyclic) bond motifs is 1. The minimum absolute atomic E-state index is 0.160. The summed E-state index contributed by atoms with van der Waals surface area (Å²) in [5.74, 6) is 0.219. The second-order valence-corrected chi connectivity index (χ2v) is 8.03. The van der Waals surface area contributed by atoms with Gasteiger partial charge < -0.3 is 5.11 Å². The van der Waals surface area contributed by atoms with Gasteiger partial charge in [-0.2, -0.15) is 5.10 Å². The lowest BCUT2D eigenvalue weighted by molar-refractivity contribution is -0.385. The van der Waals surface area contributed by atoms with Gasteiger partial charge in [-0.05, 0) is 47.1 Å². The van der Waals surface area contributed by atoms with Crippen molar-refractivity contribution >= 4 is 50.3 Å². The average molecular weight is 504 g/mol. The Morgan fingerprint density at radius 2 is 1.88 bits per heavy atom. The minimum Gasteiger partial charge on any atom is -0.506 e. The van der Waals surface area contributed by atoms with Gasteiger partial charge in [-0.15, -0.1) is 0 Å². The van der Waals surface area contributed by atoms with Crippen LogP contribution in [0.3, 0.4) is 0 Å². The number of nitro benzene ring substituents is 1. The van der Waals surface area contributed by atoms with Gasteiger partial charge in [-0.25, -0.2) is 9.98 Å². The summed E-state index contributed by atoms with van der Waals surface area (Å²) in [4.78, 5) is 19.9. The van der Waals surface area contributed by atoms with Gasteiger partial charge in [0, 0.05) is 23.1 Å². The molecule has 0 bridgehead atoms. The summed E-state index contributed by atoms with van der Waals surface area (Å²) in [7, 11) is 0. The normalized spacial score (nSPS) is 11.8. The molecule has 0 atom stereocenters. The van der Waals surface area contributed by atoms with Crippen LogP contribution in [0.4, 0.5) is 11.4 Å². The number of nitrogens with one attached hydrogen (secondary N) is 1. The van der Waals surface area contributed by atoms with E-state index in [1.54, 1.807) is 0 Å². The first-order chi connectivity index (χ1) is 15.9. The maximum Gasteiger partial charge on any atom is 0.271 e. The number of hydrogen-bond acceptors (Lipinski definition) is 6. The number of aromatic hydroxyl groups is 1. The molecule has 0 fully saturated rings. The number of aryl methyl sites for hydroxylation is 1. The third-order valence-corrected chi connectivity index (χ3v) is 5.38. The number of non-ortho nitro benzene ring substituents is 1. The van der Waals surface area contributed by atoms with Crippen LogP contribution in [0.25, 0.3) is 10.9 Å². The van der Waals surface area contributed by atoms with Crippen molar-refractivity contribution < 1.29 is 10.0 Å². The molecule has 9 heteroatoms. The van der Waals surface area contributed by atoms with E-state index in [1.807, 2.05) is 67.6 Å². The van der Waals surface area contributed by atoms with Crippen molar-refractivity contribution in [1.82, 2.24) is 10.4 Å². The summed E-state index contributed by atoms with van der Waals surface area (Å²) in [6.45, 7) is 1.99. The molecule has 8 nitrogen and oxygen atoms in total. The number of para-hydroxylation sites is 1. The molecule has 4 rings (SSSR count). The quantitative estimate of drug-likeness (QED) is 0.159. The average Bonchev–Trinajstić information content (AvgIpc) is 2.81. The van der Waals surface area contributed by atoms with Crippen LogP contribution in [0.1, 0.15) is 16.8 Å². The van der Waals surface area contributed by atoms with Gasteiger partial charge in [-0.1, -0.05) is 42.0 Å². The molecule has 0 saturated heterocycles. The molecule has 0 aliphatic carbocycles. The topological polar surface area (TPSA) is 113 Å². The van der Waals surface area contributed by atoms with Gasteiger partial charge in [0.15, 0.2) is 5.84 Å². The zero-order valence-corrected chi connectivity index (χ0v) is 19.0. The molecule has 2 N–H and O–H groups in total. The Hall–Kier alpha value is -4.11. The third kappa shape index (κ3) is 5.21. The van der Waals surface area contributed by atoms with E-state index in [2.05, 4.69) is 36.4 Å². The molecule has 1 aromatic heterocycles. The fourth-order valence-corrected chi connectivity index (χ4v) is 3.52. The first-order valence-corrected chi connectivity index (χ1v) is 10.7. The molecule has 0 aliphatic rings. The van der Waals surface area contributed by atoms with Crippen molar-refractivity contribution in [3.05, 3.63) is 104 Å². The van der Waals surface area contributed by atoms with Crippen LogP contribution in [0, 0.1) is 17.0 Å². The molecule has 3 aromatic carbocycles. The summed E-state index contributed by atoms with van der Waals surface area (Å²) < 4.78 is 0.197. The number of phenols is 1. The Balaban J connectivity index is 1.71. The van der Waals surface area contributed by atoms with Crippen molar-refractivity contribution in [2.24, 2.45) is 10.1 Å². The Labute approximate surface area is 197 Å². The van der Waals surface area contributed by atoms with Gasteiger partial charge in [0.2, 0.25) is 0 Å². The minimum atomic E-state index is -0.543. The van der Waals surface area contributed by atoms with Crippen molar-refractivity contribution in [2.45, 2.75) is 6.92 Å². The second kappa shape index (κ2) is 9.58. The van der Waals surface area contributed by atoms with Crippen LogP contribution in [0.15, 0.2) is 87.4 Å². The number of hydrogen-bond donors (Lipinski definition) is 2. The molecule has 0 unspecified atom stereocenters. The predicted octanol–water partition coefficient (Wildman–Crippen LogP) is 5.62. The maximum absolute atomic E-state index is 11.1. The van der Waals surface area contributed by atoms with Crippen molar-refractivity contribution in [2.75, 3.05) is 0 Å². The van der Waals surface area contributed by atoms with Crippen molar-refractivity contribution in [3.8, 4) is 5.75 Å². The summed E-state index contributed by atoms with van der Waals surface area (Å²) in [5, 5.41) is 26.5. The molecule has 0 aliphatic heterocycles. The Morgan fingerprint density at radius 1 is 1.12 bits per heavy atom. The summed E-state index contributed by atoms with van der Waals surface area (Å²) in [5.41, 5.74) is 6.04. The zero-order valence-electron chi connectivity index (χ0n) is 17.4. The number of nitro groups is 1. The molecule has 0 amide bonds. The summed E-state index contributed by atoms with van der Waals surface area (Å²) >= 11 is 3.13. The van der Waals surface area contributed by atoms with Crippen molar-refractivity contribution in [1.29, 1.82) is 0 Å². The highest BCUT2D eigenvalue weighted by molar-refractivity contribution is 9.10. The highest BCUT2D eigenvalue weighted by atomic mass is 79.9. The zero-order chi connectivity index (χ0) is 23.4. The Bertz CT molecular complexity index is 1400. The Morgan fingerprint density at radius 3 is 2.64 bits per heavy atom. The van der Waals surface area contributed by atoms with Crippen molar-refractivity contribution in [3.63, 3.8) is 0 Å². The molecular formula is C24H18BrN5O3. The number of halogens is 1. The van der Waals surface area contributed by atoms with Crippen LogP contribution < -0.4 is 5.43 Å². The fraction of sp³-hybridized carbons (Fsp3) is 0.0417. The van der Waals surface area contributed by atoms with E-state index in [0.29, 0.717) is 17.2 Å². The van der Waals surface area contributed by atoms with E-state index in [0.717, 1.165) is 16.5 Å². The van der Waals surface area contributed by atoms with Gasteiger partial charge in [0.25, 0.3) is 5.69 Å². The molecule has 0 saturated carbocycles. The lowest BCUT2D eigenvalue weighted by atomic mass is 10.2. The number of phenolic OH excluding ortho intramolecular Hbond substituents is 1.